The van der Waals surface area contributed by atoms with Gasteiger partial charge in [0.2, 0.25) is 0 Å². The first-order chi connectivity index (χ1) is 9.81. The summed E-state index contributed by atoms with van der Waals surface area (Å²) in [5.41, 5.74) is 7.35. The van der Waals surface area contributed by atoms with Crippen molar-refractivity contribution in [2.75, 3.05) is 12.3 Å². The molecule has 0 saturated carbocycles. The molecule has 2 heterocycles. The highest BCUT2D eigenvalue weighted by Crippen LogP contribution is 2.24. The fourth-order valence-electron chi connectivity index (χ4n) is 1.74. The molecule has 0 bridgehead atoms. The topological polar surface area (TPSA) is 83.0 Å². The van der Waals surface area contributed by atoms with E-state index in [9.17, 15) is 4.79 Å². The molecule has 2 rings (SSSR count). The molecule has 0 saturated heterocycles. The lowest BCUT2D eigenvalue weighted by molar-refractivity contribution is 0.0519. The molecule has 0 spiro atoms. The van der Waals surface area contributed by atoms with Crippen LogP contribution in [0.4, 0.5) is 5.69 Å². The first kappa shape index (κ1) is 15.5. The van der Waals surface area contributed by atoms with E-state index in [4.69, 9.17) is 10.5 Å². The molecule has 21 heavy (non-hydrogen) atoms. The number of nitrogens with zero attached hydrogens (tertiary/aromatic N) is 3. The first-order valence-corrected chi connectivity index (χ1v) is 7.64. The van der Waals surface area contributed by atoms with Crippen molar-refractivity contribution < 1.29 is 9.53 Å². The molecule has 0 aliphatic rings. The largest absolute Gasteiger partial charge is 0.461 e. The molecule has 0 amide bonds. The van der Waals surface area contributed by atoms with Gasteiger partial charge in [0.1, 0.15) is 5.01 Å². The molecule has 0 radical (unpaired) electrons. The molecule has 2 aromatic rings. The van der Waals surface area contributed by atoms with Crippen LogP contribution in [0.3, 0.4) is 0 Å². The van der Waals surface area contributed by atoms with Crippen molar-refractivity contribution in [3.8, 4) is 0 Å². The minimum absolute atomic E-state index is 0.0218. The van der Waals surface area contributed by atoms with Crippen LogP contribution in [0.5, 0.6) is 0 Å². The molecule has 2 aromatic heterocycles. The van der Waals surface area contributed by atoms with Crippen LogP contribution in [0, 0.1) is 0 Å². The van der Waals surface area contributed by atoms with E-state index in [1.807, 2.05) is 0 Å². The van der Waals surface area contributed by atoms with Gasteiger partial charge in [-0.05, 0) is 6.92 Å². The number of hydrogen-bond acceptors (Lipinski definition) is 6. The SMILES string of the molecule is CCOC(=O)c1nn(Cc2nc(C(C)(C)C)cs2)cc1N. The number of aromatic nitrogens is 3. The number of carbonyl (C=O) groups is 1. The lowest BCUT2D eigenvalue weighted by atomic mass is 9.93. The third-order valence-electron chi connectivity index (χ3n) is 2.88. The summed E-state index contributed by atoms with van der Waals surface area (Å²) in [4.78, 5) is 16.3. The number of anilines is 1. The van der Waals surface area contributed by atoms with E-state index in [0.29, 0.717) is 18.8 Å². The monoisotopic (exact) mass is 308 g/mol. The Hall–Kier alpha value is -1.89. The number of thiazole rings is 1. The molecule has 2 N–H and O–H groups in total. The minimum Gasteiger partial charge on any atom is -0.461 e. The Morgan fingerprint density at radius 1 is 1.48 bits per heavy atom. The Labute approximate surface area is 127 Å². The zero-order chi connectivity index (χ0) is 15.6. The first-order valence-electron chi connectivity index (χ1n) is 6.76. The highest BCUT2D eigenvalue weighted by atomic mass is 32.1. The van der Waals surface area contributed by atoms with Crippen LogP contribution in [0.1, 0.15) is 48.9 Å². The summed E-state index contributed by atoms with van der Waals surface area (Å²) in [6.45, 7) is 8.90. The molecule has 0 aliphatic carbocycles. The fourth-order valence-corrected chi connectivity index (χ4v) is 2.75. The summed E-state index contributed by atoms with van der Waals surface area (Å²) in [6, 6.07) is 0. The second-order valence-electron chi connectivity index (χ2n) is 5.73. The maximum Gasteiger partial charge on any atom is 0.361 e. The predicted octanol–water partition coefficient (Wildman–Crippen LogP) is 2.44. The van der Waals surface area contributed by atoms with Gasteiger partial charge in [-0.25, -0.2) is 9.78 Å². The third kappa shape index (κ3) is 3.60. The van der Waals surface area contributed by atoms with E-state index in [-0.39, 0.29) is 11.1 Å². The summed E-state index contributed by atoms with van der Waals surface area (Å²) in [6.07, 6.45) is 1.63. The molecule has 0 unspecified atom stereocenters. The van der Waals surface area contributed by atoms with Crippen molar-refractivity contribution >= 4 is 23.0 Å². The van der Waals surface area contributed by atoms with Crippen molar-refractivity contribution in [2.24, 2.45) is 0 Å². The number of nitrogens with two attached hydrogens (primary N) is 1. The second kappa shape index (κ2) is 5.85. The summed E-state index contributed by atoms with van der Waals surface area (Å²) in [7, 11) is 0. The maximum absolute atomic E-state index is 11.7. The normalized spacial score (nSPS) is 11.6. The van der Waals surface area contributed by atoms with E-state index >= 15 is 0 Å². The average Bonchev–Trinajstić information content (AvgIpc) is 2.96. The fraction of sp³-hybridized carbons (Fsp3) is 0.500. The van der Waals surface area contributed by atoms with Gasteiger partial charge in [0.25, 0.3) is 0 Å². The Morgan fingerprint density at radius 2 is 2.19 bits per heavy atom. The molecule has 7 heteroatoms. The summed E-state index contributed by atoms with van der Waals surface area (Å²) < 4.78 is 6.53. The average molecular weight is 308 g/mol. The highest BCUT2D eigenvalue weighted by Gasteiger charge is 2.19. The van der Waals surface area contributed by atoms with Crippen LogP contribution in [-0.2, 0) is 16.7 Å². The maximum atomic E-state index is 11.7. The molecule has 0 aliphatic heterocycles. The van der Waals surface area contributed by atoms with Gasteiger partial charge >= 0.3 is 5.97 Å². The molecule has 6 nitrogen and oxygen atoms in total. The van der Waals surface area contributed by atoms with Crippen molar-refractivity contribution in [2.45, 2.75) is 39.7 Å². The third-order valence-corrected chi connectivity index (χ3v) is 3.71. The van der Waals surface area contributed by atoms with Crippen molar-refractivity contribution in [3.63, 3.8) is 0 Å². The Balaban J connectivity index is 2.15. The minimum atomic E-state index is -0.497. The van der Waals surface area contributed by atoms with Crippen LogP contribution in [0.2, 0.25) is 0 Å². The van der Waals surface area contributed by atoms with Crippen LogP contribution < -0.4 is 5.73 Å². The number of nitrogen functional groups attached to an aromatic ring is 1. The zero-order valence-corrected chi connectivity index (χ0v) is 13.5. The molecule has 0 fully saturated rings. The predicted molar refractivity (Wildman–Crippen MR) is 82.5 cm³/mol. The summed E-state index contributed by atoms with van der Waals surface area (Å²) >= 11 is 1.58. The highest BCUT2D eigenvalue weighted by molar-refractivity contribution is 7.09. The smallest absolute Gasteiger partial charge is 0.361 e. The standard InChI is InChI=1S/C14H20N4O2S/c1-5-20-13(19)12-9(15)6-18(17-12)7-11-16-10(8-21-11)14(2,3)4/h6,8H,5,7,15H2,1-4H3. The van der Waals surface area contributed by atoms with Crippen molar-refractivity contribution in [1.82, 2.24) is 14.8 Å². The molecule has 0 atom stereocenters. The van der Waals surface area contributed by atoms with Crippen LogP contribution >= 0.6 is 11.3 Å². The van der Waals surface area contributed by atoms with Gasteiger partial charge in [0.05, 0.1) is 24.5 Å². The van der Waals surface area contributed by atoms with Crippen LogP contribution in [-0.4, -0.2) is 27.3 Å². The summed E-state index contributed by atoms with van der Waals surface area (Å²) in [5, 5.41) is 7.16. The molecule has 114 valence electrons. The van der Waals surface area contributed by atoms with Gasteiger partial charge in [0.15, 0.2) is 5.69 Å². The lowest BCUT2D eigenvalue weighted by Gasteiger charge is -2.14. The number of esters is 1. The van der Waals surface area contributed by atoms with E-state index in [1.54, 1.807) is 29.1 Å². The number of hydrogen-bond donors (Lipinski definition) is 1. The number of ether oxygens (including phenoxy) is 1. The van der Waals surface area contributed by atoms with Gasteiger partial charge < -0.3 is 10.5 Å². The van der Waals surface area contributed by atoms with E-state index in [0.717, 1.165) is 10.7 Å². The molecular weight excluding hydrogens is 288 g/mol. The molecule has 0 aromatic carbocycles. The quantitative estimate of drug-likeness (QED) is 0.877. The van der Waals surface area contributed by atoms with Gasteiger partial charge in [-0.1, -0.05) is 20.8 Å². The summed E-state index contributed by atoms with van der Waals surface area (Å²) in [5.74, 6) is -0.497. The lowest BCUT2D eigenvalue weighted by Crippen LogP contribution is -2.12. The van der Waals surface area contributed by atoms with Gasteiger partial charge in [0, 0.05) is 17.0 Å². The van der Waals surface area contributed by atoms with Gasteiger partial charge in [-0.3, -0.25) is 4.68 Å². The number of carbonyl (C=O) groups excluding carboxylic acids is 1. The Bertz CT molecular complexity index is 640. The molecular formula is C14H20N4O2S. The second-order valence-corrected chi connectivity index (χ2v) is 6.67. The van der Waals surface area contributed by atoms with E-state index < -0.39 is 5.97 Å². The Morgan fingerprint density at radius 3 is 2.76 bits per heavy atom. The van der Waals surface area contributed by atoms with Crippen molar-refractivity contribution in [1.29, 1.82) is 0 Å². The zero-order valence-electron chi connectivity index (χ0n) is 12.7. The Kier molecular flexibility index (Phi) is 4.32. The van der Waals surface area contributed by atoms with Crippen LogP contribution in [0.15, 0.2) is 11.6 Å². The van der Waals surface area contributed by atoms with Gasteiger partial charge in [-0.15, -0.1) is 11.3 Å². The van der Waals surface area contributed by atoms with Crippen molar-refractivity contribution in [3.05, 3.63) is 28.0 Å². The van der Waals surface area contributed by atoms with E-state index in [1.165, 1.54) is 0 Å². The van der Waals surface area contributed by atoms with Gasteiger partial charge in [-0.2, -0.15) is 5.10 Å². The number of rotatable bonds is 4. The van der Waals surface area contributed by atoms with E-state index in [2.05, 4.69) is 36.2 Å². The van der Waals surface area contributed by atoms with Crippen LogP contribution in [0.25, 0.3) is 0 Å².